The van der Waals surface area contributed by atoms with Gasteiger partial charge < -0.3 is 10.2 Å². The first-order chi connectivity index (χ1) is 13.0. The van der Waals surface area contributed by atoms with Gasteiger partial charge in [0.05, 0.1) is 0 Å². The van der Waals surface area contributed by atoms with Crippen molar-refractivity contribution in [2.24, 2.45) is 0 Å². The Hall–Kier alpha value is -3.25. The SMILES string of the molecule is O=c1cc(-c2ccccc2Cl)c2cc[n+]([O-])c(-c3c(F)cccc3F)c2[nH]1. The summed E-state index contributed by atoms with van der Waals surface area (Å²) in [6.07, 6.45) is 1.14. The third-order valence-electron chi connectivity index (χ3n) is 4.28. The number of H-pyrrole nitrogens is 1. The molecule has 0 bridgehead atoms. The van der Waals surface area contributed by atoms with E-state index in [1.54, 1.807) is 24.3 Å². The fraction of sp³-hybridized carbons (Fsp3) is 0. The Kier molecular flexibility index (Phi) is 4.12. The maximum absolute atomic E-state index is 14.3. The summed E-state index contributed by atoms with van der Waals surface area (Å²) in [5.41, 5.74) is -0.295. The number of hydrogen-bond acceptors (Lipinski definition) is 2. The zero-order valence-corrected chi connectivity index (χ0v) is 14.4. The number of hydrogen-bond donors (Lipinski definition) is 1. The van der Waals surface area contributed by atoms with Gasteiger partial charge in [-0.25, -0.2) is 8.78 Å². The zero-order valence-electron chi connectivity index (χ0n) is 13.7. The van der Waals surface area contributed by atoms with E-state index >= 15 is 0 Å². The second-order valence-corrected chi connectivity index (χ2v) is 6.31. The van der Waals surface area contributed by atoms with Crippen molar-refractivity contribution in [1.82, 2.24) is 4.98 Å². The molecule has 0 radical (unpaired) electrons. The summed E-state index contributed by atoms with van der Waals surface area (Å²) in [4.78, 5) is 14.8. The van der Waals surface area contributed by atoms with Gasteiger partial charge in [0.15, 0.2) is 6.20 Å². The summed E-state index contributed by atoms with van der Waals surface area (Å²) in [5, 5.41) is 13.2. The molecule has 0 unspecified atom stereocenters. The molecule has 0 aliphatic carbocycles. The number of halogens is 3. The molecule has 4 nitrogen and oxygen atoms in total. The molecule has 0 aliphatic heterocycles. The average molecular weight is 385 g/mol. The monoisotopic (exact) mass is 384 g/mol. The van der Waals surface area contributed by atoms with Crippen molar-refractivity contribution < 1.29 is 13.5 Å². The van der Waals surface area contributed by atoms with Crippen LogP contribution in [0.3, 0.4) is 0 Å². The van der Waals surface area contributed by atoms with Crippen LogP contribution < -0.4 is 10.3 Å². The van der Waals surface area contributed by atoms with Gasteiger partial charge in [0.25, 0.3) is 5.69 Å². The lowest BCUT2D eigenvalue weighted by atomic mass is 9.99. The van der Waals surface area contributed by atoms with Gasteiger partial charge in [-0.1, -0.05) is 35.9 Å². The van der Waals surface area contributed by atoms with Gasteiger partial charge in [0.1, 0.15) is 22.7 Å². The van der Waals surface area contributed by atoms with Crippen LogP contribution in [0.1, 0.15) is 0 Å². The average Bonchev–Trinajstić information content (AvgIpc) is 2.63. The van der Waals surface area contributed by atoms with Crippen LogP contribution >= 0.6 is 11.6 Å². The fourth-order valence-electron chi connectivity index (χ4n) is 3.12. The van der Waals surface area contributed by atoms with Crippen LogP contribution in [0.4, 0.5) is 8.78 Å². The van der Waals surface area contributed by atoms with Crippen LogP contribution in [0.5, 0.6) is 0 Å². The van der Waals surface area contributed by atoms with E-state index in [0.29, 0.717) is 26.3 Å². The summed E-state index contributed by atoms with van der Waals surface area (Å²) < 4.78 is 29.0. The van der Waals surface area contributed by atoms with Gasteiger partial charge in [0, 0.05) is 28.1 Å². The zero-order chi connectivity index (χ0) is 19.1. The second-order valence-electron chi connectivity index (χ2n) is 5.90. The van der Waals surface area contributed by atoms with E-state index < -0.39 is 22.8 Å². The third kappa shape index (κ3) is 2.84. The number of nitrogens with one attached hydrogen (secondary N) is 1. The topological polar surface area (TPSA) is 59.8 Å². The molecule has 27 heavy (non-hydrogen) atoms. The highest BCUT2D eigenvalue weighted by molar-refractivity contribution is 6.33. The summed E-state index contributed by atoms with van der Waals surface area (Å²) in [5.74, 6) is -1.81. The fourth-order valence-corrected chi connectivity index (χ4v) is 3.36. The quantitative estimate of drug-likeness (QED) is 0.410. The highest BCUT2D eigenvalue weighted by Crippen LogP contribution is 2.35. The van der Waals surface area contributed by atoms with Crippen LogP contribution in [0.15, 0.2) is 65.6 Å². The number of pyridine rings is 2. The molecule has 134 valence electrons. The molecule has 7 heteroatoms. The van der Waals surface area contributed by atoms with Crippen LogP contribution in [-0.2, 0) is 0 Å². The van der Waals surface area contributed by atoms with Gasteiger partial charge >= 0.3 is 0 Å². The van der Waals surface area contributed by atoms with Crippen LogP contribution in [0.2, 0.25) is 5.02 Å². The molecule has 0 saturated heterocycles. The molecule has 0 amide bonds. The number of aromatic nitrogens is 2. The molecule has 4 aromatic rings. The molecule has 4 rings (SSSR count). The molecule has 2 aromatic carbocycles. The van der Waals surface area contributed by atoms with Crippen molar-refractivity contribution >= 4 is 22.5 Å². The Morgan fingerprint density at radius 3 is 2.37 bits per heavy atom. The van der Waals surface area contributed by atoms with E-state index in [2.05, 4.69) is 4.98 Å². The molecule has 2 aromatic heterocycles. The number of benzene rings is 2. The smallest absolute Gasteiger partial charge is 0.254 e. The molecule has 1 N–H and O–H groups in total. The minimum Gasteiger partial charge on any atom is -0.618 e. The van der Waals surface area contributed by atoms with Gasteiger partial charge in [-0.15, -0.1) is 0 Å². The Labute approximate surface area is 156 Å². The van der Waals surface area contributed by atoms with Gasteiger partial charge in [-0.3, -0.25) is 4.79 Å². The van der Waals surface area contributed by atoms with Crippen molar-refractivity contribution in [2.45, 2.75) is 0 Å². The normalized spacial score (nSPS) is 11.1. The molecule has 0 atom stereocenters. The molecular formula is C20H11ClF2N2O2. The Morgan fingerprint density at radius 1 is 0.963 bits per heavy atom. The number of aromatic amines is 1. The van der Waals surface area contributed by atoms with Gasteiger partial charge in [-0.2, -0.15) is 4.73 Å². The van der Waals surface area contributed by atoms with E-state index in [4.69, 9.17) is 11.6 Å². The first-order valence-corrected chi connectivity index (χ1v) is 8.33. The van der Waals surface area contributed by atoms with Gasteiger partial charge in [-0.05, 0) is 23.8 Å². The number of rotatable bonds is 2. The third-order valence-corrected chi connectivity index (χ3v) is 4.61. The highest BCUT2D eigenvalue weighted by Gasteiger charge is 2.24. The van der Waals surface area contributed by atoms with E-state index in [-0.39, 0.29) is 11.2 Å². The van der Waals surface area contributed by atoms with Gasteiger partial charge in [0.2, 0.25) is 5.56 Å². The molecule has 0 saturated carbocycles. The molecule has 0 spiro atoms. The minimum atomic E-state index is -0.906. The van der Waals surface area contributed by atoms with E-state index in [1.807, 2.05) is 0 Å². The van der Waals surface area contributed by atoms with Crippen LogP contribution in [0.25, 0.3) is 33.3 Å². The second kappa shape index (κ2) is 6.48. The maximum atomic E-state index is 14.3. The van der Waals surface area contributed by atoms with E-state index in [0.717, 1.165) is 18.3 Å². The summed E-state index contributed by atoms with van der Waals surface area (Å²) in [6.45, 7) is 0. The highest BCUT2D eigenvalue weighted by atomic mass is 35.5. The Morgan fingerprint density at radius 2 is 1.67 bits per heavy atom. The van der Waals surface area contributed by atoms with Crippen molar-refractivity contribution in [2.75, 3.05) is 0 Å². The maximum Gasteiger partial charge on any atom is 0.254 e. The summed E-state index contributed by atoms with van der Waals surface area (Å²) >= 11 is 6.25. The number of nitrogens with zero attached hydrogens (tertiary/aromatic N) is 1. The largest absolute Gasteiger partial charge is 0.618 e. The van der Waals surface area contributed by atoms with Crippen molar-refractivity contribution in [3.05, 3.63) is 93.0 Å². The predicted molar refractivity (Wildman–Crippen MR) is 99.3 cm³/mol. The molecular weight excluding hydrogens is 374 g/mol. The van der Waals surface area contributed by atoms with E-state index in [9.17, 15) is 18.8 Å². The summed E-state index contributed by atoms with van der Waals surface area (Å²) in [7, 11) is 0. The van der Waals surface area contributed by atoms with Crippen molar-refractivity contribution in [3.63, 3.8) is 0 Å². The van der Waals surface area contributed by atoms with Crippen molar-refractivity contribution in [1.29, 1.82) is 0 Å². The van der Waals surface area contributed by atoms with E-state index in [1.165, 1.54) is 18.2 Å². The first kappa shape index (κ1) is 17.2. The van der Waals surface area contributed by atoms with Crippen LogP contribution in [0, 0.1) is 16.8 Å². The molecule has 2 heterocycles. The lowest BCUT2D eigenvalue weighted by Gasteiger charge is -2.12. The summed E-state index contributed by atoms with van der Waals surface area (Å²) in [6, 6.07) is 13.0. The number of fused-ring (bicyclic) bond motifs is 1. The lowest BCUT2D eigenvalue weighted by Crippen LogP contribution is -2.30. The minimum absolute atomic E-state index is 0.0268. The van der Waals surface area contributed by atoms with Crippen molar-refractivity contribution in [3.8, 4) is 22.4 Å². The molecule has 0 fully saturated rings. The molecule has 0 aliphatic rings. The Balaban J connectivity index is 2.16. The first-order valence-electron chi connectivity index (χ1n) is 7.96. The van der Waals surface area contributed by atoms with Crippen LogP contribution in [-0.4, -0.2) is 4.98 Å². The standard InChI is InChI=1S/C20H11ClF2N2O2/c21-14-5-2-1-4-11(14)13-10-17(26)24-19-12(13)8-9-25(27)20(19)18-15(22)6-3-7-16(18)23/h1-10H,(H,24,26). The lowest BCUT2D eigenvalue weighted by molar-refractivity contribution is -0.592. The predicted octanol–water partition coefficient (Wildman–Crippen LogP) is 4.43. The Bertz CT molecular complexity index is 1230.